The van der Waals surface area contributed by atoms with Crippen molar-refractivity contribution in [3.05, 3.63) is 38.8 Å². The molecule has 1 aromatic heterocycles. The normalized spacial score (nSPS) is 10.3. The van der Waals surface area contributed by atoms with Crippen molar-refractivity contribution in [2.45, 2.75) is 13.3 Å². The van der Waals surface area contributed by atoms with E-state index in [-0.39, 0.29) is 5.91 Å². The predicted molar refractivity (Wildman–Crippen MR) is 88.0 cm³/mol. The molecular weight excluding hydrogens is 362 g/mol. The second kappa shape index (κ2) is 7.06. The zero-order valence-corrected chi connectivity index (χ0v) is 13.9. The molecule has 0 saturated heterocycles. The van der Waals surface area contributed by atoms with E-state index >= 15 is 0 Å². The Morgan fingerprint density at radius 1 is 1.50 bits per heavy atom. The number of halogens is 2. The highest BCUT2D eigenvalue weighted by Gasteiger charge is 2.13. The number of benzene rings is 1. The molecular formula is C13H13BrClN3OS. The van der Waals surface area contributed by atoms with E-state index in [1.807, 2.05) is 6.07 Å². The van der Waals surface area contributed by atoms with E-state index in [9.17, 15) is 4.79 Å². The first-order valence-electron chi connectivity index (χ1n) is 6.06. The Morgan fingerprint density at radius 2 is 2.30 bits per heavy atom. The van der Waals surface area contributed by atoms with Crippen molar-refractivity contribution in [3.63, 3.8) is 0 Å². The summed E-state index contributed by atoms with van der Waals surface area (Å²) in [4.78, 5) is 16.4. The van der Waals surface area contributed by atoms with E-state index in [2.05, 4.69) is 38.5 Å². The van der Waals surface area contributed by atoms with Crippen LogP contribution < -0.4 is 10.6 Å². The molecule has 1 aromatic carbocycles. The van der Waals surface area contributed by atoms with Crippen molar-refractivity contribution in [1.82, 2.24) is 4.98 Å². The van der Waals surface area contributed by atoms with E-state index in [1.54, 1.807) is 18.3 Å². The molecule has 1 amide bonds. The third kappa shape index (κ3) is 3.94. The number of carbonyl (C=O) groups is 1. The van der Waals surface area contributed by atoms with Gasteiger partial charge in [-0.2, -0.15) is 0 Å². The van der Waals surface area contributed by atoms with Crippen LogP contribution in [0.4, 0.5) is 10.8 Å². The highest BCUT2D eigenvalue weighted by molar-refractivity contribution is 9.11. The van der Waals surface area contributed by atoms with E-state index in [0.29, 0.717) is 15.7 Å². The summed E-state index contributed by atoms with van der Waals surface area (Å²) in [6, 6.07) is 5.22. The van der Waals surface area contributed by atoms with Crippen LogP contribution in [0.25, 0.3) is 0 Å². The molecule has 0 aliphatic heterocycles. The Balaban J connectivity index is 2.21. The minimum Gasteiger partial charge on any atom is -0.384 e. The minimum atomic E-state index is -0.229. The molecule has 0 bridgehead atoms. The van der Waals surface area contributed by atoms with Gasteiger partial charge in [0.1, 0.15) is 0 Å². The summed E-state index contributed by atoms with van der Waals surface area (Å²) in [5.74, 6) is -0.229. The van der Waals surface area contributed by atoms with Crippen LogP contribution in [0, 0.1) is 0 Å². The average Bonchev–Trinajstić information content (AvgIpc) is 2.82. The topological polar surface area (TPSA) is 54.0 Å². The van der Waals surface area contributed by atoms with Crippen molar-refractivity contribution in [1.29, 1.82) is 0 Å². The molecule has 0 atom stereocenters. The lowest BCUT2D eigenvalue weighted by Gasteiger charge is -2.11. The summed E-state index contributed by atoms with van der Waals surface area (Å²) < 4.78 is 0.864. The van der Waals surface area contributed by atoms with Gasteiger partial charge in [-0.3, -0.25) is 10.1 Å². The van der Waals surface area contributed by atoms with Crippen molar-refractivity contribution in [2.24, 2.45) is 0 Å². The van der Waals surface area contributed by atoms with E-state index in [4.69, 9.17) is 11.6 Å². The number of carbonyl (C=O) groups excluding carboxylic acids is 1. The summed E-state index contributed by atoms with van der Waals surface area (Å²) in [7, 11) is 0. The Morgan fingerprint density at radius 3 is 2.95 bits per heavy atom. The lowest BCUT2D eigenvalue weighted by atomic mass is 10.1. The van der Waals surface area contributed by atoms with Crippen LogP contribution in [-0.2, 0) is 0 Å². The second-order valence-corrected chi connectivity index (χ2v) is 6.89. The van der Waals surface area contributed by atoms with Gasteiger partial charge in [0.2, 0.25) is 0 Å². The fourth-order valence-corrected chi connectivity index (χ4v) is 2.87. The third-order valence-corrected chi connectivity index (χ3v) is 4.12. The van der Waals surface area contributed by atoms with Gasteiger partial charge in [-0.1, -0.05) is 29.9 Å². The molecule has 0 saturated carbocycles. The molecule has 2 aromatic rings. The maximum atomic E-state index is 12.3. The highest BCUT2D eigenvalue weighted by atomic mass is 79.9. The molecule has 0 unspecified atom stereocenters. The van der Waals surface area contributed by atoms with Gasteiger partial charge in [0.05, 0.1) is 15.5 Å². The lowest BCUT2D eigenvalue weighted by Crippen LogP contribution is -2.15. The van der Waals surface area contributed by atoms with Gasteiger partial charge in [-0.05, 0) is 40.5 Å². The Kier molecular flexibility index (Phi) is 5.39. The van der Waals surface area contributed by atoms with Gasteiger partial charge in [-0.15, -0.1) is 0 Å². The molecule has 2 N–H and O–H groups in total. The summed E-state index contributed by atoms with van der Waals surface area (Å²) >= 11 is 10.6. The lowest BCUT2D eigenvalue weighted by molar-refractivity contribution is 0.102. The van der Waals surface area contributed by atoms with Gasteiger partial charge in [0.25, 0.3) is 5.91 Å². The number of nitrogens with one attached hydrogen (secondary N) is 2. The van der Waals surface area contributed by atoms with Gasteiger partial charge in [0.15, 0.2) is 5.13 Å². The van der Waals surface area contributed by atoms with Gasteiger partial charge in [-0.25, -0.2) is 4.98 Å². The summed E-state index contributed by atoms with van der Waals surface area (Å²) in [5, 5.41) is 7.05. The fourth-order valence-electron chi connectivity index (χ4n) is 1.59. The standard InChI is InChI=1S/C13H13BrClN3OS/c1-2-5-16-10-4-3-8(15)6-9(10)12(19)18-13-17-7-11(14)20-13/h3-4,6-7,16H,2,5H2,1H3,(H,17,18,19). The van der Waals surface area contributed by atoms with Crippen LogP contribution in [0.15, 0.2) is 28.2 Å². The van der Waals surface area contributed by atoms with Crippen LogP contribution >= 0.6 is 38.9 Å². The van der Waals surface area contributed by atoms with Crippen LogP contribution in [-0.4, -0.2) is 17.4 Å². The molecule has 0 spiro atoms. The number of hydrogen-bond acceptors (Lipinski definition) is 4. The molecule has 7 heteroatoms. The first-order valence-corrected chi connectivity index (χ1v) is 8.05. The van der Waals surface area contributed by atoms with Crippen molar-refractivity contribution in [2.75, 3.05) is 17.2 Å². The second-order valence-electron chi connectivity index (χ2n) is 4.04. The Hall–Kier alpha value is -1.11. The van der Waals surface area contributed by atoms with Crippen molar-refractivity contribution < 1.29 is 4.79 Å². The highest BCUT2D eigenvalue weighted by Crippen LogP contribution is 2.26. The van der Waals surface area contributed by atoms with Gasteiger partial charge < -0.3 is 5.32 Å². The van der Waals surface area contributed by atoms with Crippen molar-refractivity contribution in [3.8, 4) is 0 Å². The fraction of sp³-hybridized carbons (Fsp3) is 0.231. The van der Waals surface area contributed by atoms with E-state index in [0.717, 1.165) is 22.4 Å². The van der Waals surface area contributed by atoms with Crippen LogP contribution in [0.3, 0.4) is 0 Å². The zero-order chi connectivity index (χ0) is 14.5. The summed E-state index contributed by atoms with van der Waals surface area (Å²) in [6.07, 6.45) is 2.62. The molecule has 20 heavy (non-hydrogen) atoms. The Bertz CT molecular complexity index is 617. The molecule has 1 heterocycles. The Labute approximate surface area is 134 Å². The first-order chi connectivity index (χ1) is 9.60. The van der Waals surface area contributed by atoms with Crippen LogP contribution in [0.1, 0.15) is 23.7 Å². The molecule has 0 fully saturated rings. The first kappa shape index (κ1) is 15.3. The number of aromatic nitrogens is 1. The maximum absolute atomic E-state index is 12.3. The number of anilines is 2. The van der Waals surface area contributed by atoms with E-state index in [1.165, 1.54) is 11.3 Å². The van der Waals surface area contributed by atoms with Crippen molar-refractivity contribution >= 4 is 55.6 Å². The molecule has 106 valence electrons. The predicted octanol–water partition coefficient (Wildman–Crippen LogP) is 4.63. The number of nitrogens with zero attached hydrogens (tertiary/aromatic N) is 1. The van der Waals surface area contributed by atoms with Crippen LogP contribution in [0.2, 0.25) is 5.02 Å². The number of thiazole rings is 1. The minimum absolute atomic E-state index is 0.229. The SMILES string of the molecule is CCCNc1ccc(Cl)cc1C(=O)Nc1ncc(Br)s1. The maximum Gasteiger partial charge on any atom is 0.259 e. The molecule has 2 rings (SSSR count). The largest absolute Gasteiger partial charge is 0.384 e. The quantitative estimate of drug-likeness (QED) is 0.802. The summed E-state index contributed by atoms with van der Waals surface area (Å²) in [5.41, 5.74) is 1.28. The number of rotatable bonds is 5. The molecule has 0 radical (unpaired) electrons. The zero-order valence-electron chi connectivity index (χ0n) is 10.7. The smallest absolute Gasteiger partial charge is 0.259 e. The number of amides is 1. The van der Waals surface area contributed by atoms with Crippen LogP contribution in [0.5, 0.6) is 0 Å². The van der Waals surface area contributed by atoms with E-state index < -0.39 is 0 Å². The van der Waals surface area contributed by atoms with Gasteiger partial charge >= 0.3 is 0 Å². The molecule has 4 nitrogen and oxygen atoms in total. The number of hydrogen-bond donors (Lipinski definition) is 2. The molecule has 0 aliphatic rings. The third-order valence-electron chi connectivity index (χ3n) is 2.49. The molecule has 0 aliphatic carbocycles. The average molecular weight is 375 g/mol. The monoisotopic (exact) mass is 373 g/mol. The summed E-state index contributed by atoms with van der Waals surface area (Å²) in [6.45, 7) is 2.86. The van der Waals surface area contributed by atoms with Gasteiger partial charge in [0, 0.05) is 17.3 Å².